The highest BCUT2D eigenvalue weighted by atomic mass is 35.5. The fraction of sp³-hybridized carbons (Fsp3) is 0.533. The van der Waals surface area contributed by atoms with Crippen LogP contribution in [0.15, 0.2) is 24.3 Å². The summed E-state index contributed by atoms with van der Waals surface area (Å²) in [4.78, 5) is 13.5. The number of halogens is 1. The molecule has 1 amide bonds. The van der Waals surface area contributed by atoms with Crippen LogP contribution in [0.4, 0.5) is 0 Å². The van der Waals surface area contributed by atoms with Gasteiger partial charge in [-0.3, -0.25) is 4.79 Å². The first-order chi connectivity index (χ1) is 10.4. The second kappa shape index (κ2) is 5.83. The fourth-order valence-corrected chi connectivity index (χ4v) is 5.12. The lowest BCUT2D eigenvalue weighted by Gasteiger charge is -2.36. The van der Waals surface area contributed by atoms with Crippen molar-refractivity contribution in [1.29, 1.82) is 0 Å². The van der Waals surface area contributed by atoms with Crippen molar-refractivity contribution in [2.75, 3.05) is 20.1 Å². The number of carbonyl (C=O) groups excluding carboxylic acids is 1. The Labute approximate surface area is 135 Å². The van der Waals surface area contributed by atoms with E-state index >= 15 is 0 Å². The summed E-state index contributed by atoms with van der Waals surface area (Å²) in [5, 5.41) is 0.535. The highest BCUT2D eigenvalue weighted by Crippen LogP contribution is 2.32. The first-order valence-electron chi connectivity index (χ1n) is 7.35. The summed E-state index contributed by atoms with van der Waals surface area (Å²) in [7, 11) is -1.63. The lowest BCUT2D eigenvalue weighted by molar-refractivity contribution is -0.127. The summed E-state index contributed by atoms with van der Waals surface area (Å²) in [5.41, 5.74) is 0.686. The van der Waals surface area contributed by atoms with E-state index in [0.29, 0.717) is 30.1 Å². The van der Waals surface area contributed by atoms with Crippen LogP contribution in [0.2, 0.25) is 5.02 Å². The van der Waals surface area contributed by atoms with Crippen molar-refractivity contribution in [2.45, 2.75) is 24.6 Å². The van der Waals surface area contributed by atoms with E-state index in [4.69, 9.17) is 11.6 Å². The molecular formula is C15H19ClN2O3S. The van der Waals surface area contributed by atoms with Crippen LogP contribution in [0.1, 0.15) is 18.4 Å². The van der Waals surface area contributed by atoms with Crippen LogP contribution in [-0.4, -0.2) is 49.7 Å². The van der Waals surface area contributed by atoms with Crippen LogP contribution < -0.4 is 0 Å². The Hall–Kier alpha value is -1.11. The molecule has 5 nitrogen and oxygen atoms in total. The number of sulfonamides is 1. The highest BCUT2D eigenvalue weighted by Gasteiger charge is 2.43. The van der Waals surface area contributed by atoms with E-state index in [-0.39, 0.29) is 23.6 Å². The number of amides is 1. The summed E-state index contributed by atoms with van der Waals surface area (Å²) in [6.45, 7) is 0.890. The van der Waals surface area contributed by atoms with Gasteiger partial charge in [0.25, 0.3) is 0 Å². The SMILES string of the molecule is CN1C(=O)C[C@H]2CCN(S(=O)(=O)Cc3cccc(Cl)c3)C[C@H]21. The molecule has 0 bridgehead atoms. The molecule has 0 spiro atoms. The van der Waals surface area contributed by atoms with Gasteiger partial charge in [-0.05, 0) is 30.0 Å². The molecule has 2 atom stereocenters. The topological polar surface area (TPSA) is 57.7 Å². The van der Waals surface area contributed by atoms with Gasteiger partial charge in [0.2, 0.25) is 15.9 Å². The maximum atomic E-state index is 12.6. The molecule has 22 heavy (non-hydrogen) atoms. The van der Waals surface area contributed by atoms with Crippen molar-refractivity contribution >= 4 is 27.5 Å². The van der Waals surface area contributed by atoms with Crippen LogP contribution in [0.3, 0.4) is 0 Å². The number of likely N-dealkylation sites (tertiary alicyclic amines) is 1. The molecule has 2 saturated heterocycles. The number of piperidine rings is 1. The number of rotatable bonds is 3. The molecule has 1 aromatic carbocycles. The zero-order chi connectivity index (χ0) is 15.9. The van der Waals surface area contributed by atoms with Crippen LogP contribution in [0, 0.1) is 5.92 Å². The number of carbonyl (C=O) groups is 1. The van der Waals surface area contributed by atoms with Gasteiger partial charge >= 0.3 is 0 Å². The number of hydrogen-bond acceptors (Lipinski definition) is 3. The Morgan fingerprint density at radius 1 is 1.36 bits per heavy atom. The van der Waals surface area contributed by atoms with E-state index in [1.807, 2.05) is 0 Å². The summed E-state index contributed by atoms with van der Waals surface area (Å²) in [6.07, 6.45) is 1.29. The molecule has 0 radical (unpaired) electrons. The van der Waals surface area contributed by atoms with Gasteiger partial charge in [-0.1, -0.05) is 23.7 Å². The third kappa shape index (κ3) is 3.00. The Bertz CT molecular complexity index is 692. The first kappa shape index (κ1) is 15.8. The predicted octanol–water partition coefficient (Wildman–Crippen LogP) is 1.72. The van der Waals surface area contributed by atoms with E-state index in [1.165, 1.54) is 4.31 Å². The molecule has 0 aliphatic carbocycles. The molecule has 2 heterocycles. The first-order valence-corrected chi connectivity index (χ1v) is 9.33. The highest BCUT2D eigenvalue weighted by molar-refractivity contribution is 7.88. The molecule has 3 rings (SSSR count). The second-order valence-electron chi connectivity index (χ2n) is 6.07. The zero-order valence-corrected chi connectivity index (χ0v) is 14.0. The second-order valence-corrected chi connectivity index (χ2v) is 8.47. The minimum Gasteiger partial charge on any atom is -0.341 e. The lowest BCUT2D eigenvalue weighted by Crippen LogP contribution is -2.49. The van der Waals surface area contributed by atoms with E-state index < -0.39 is 10.0 Å². The molecule has 0 unspecified atom stereocenters. The van der Waals surface area contributed by atoms with Gasteiger partial charge in [-0.15, -0.1) is 0 Å². The number of benzene rings is 1. The molecule has 120 valence electrons. The van der Waals surface area contributed by atoms with Crippen LogP contribution in [0.5, 0.6) is 0 Å². The standard InChI is InChI=1S/C15H19ClN2O3S/c1-17-14-9-18(6-5-12(14)8-15(17)19)22(20,21)10-11-3-2-4-13(16)7-11/h2-4,7,12,14H,5-6,8-10H2,1H3/t12-,14-/m1/s1. The quantitative estimate of drug-likeness (QED) is 0.840. The van der Waals surface area contributed by atoms with Crippen molar-refractivity contribution in [2.24, 2.45) is 5.92 Å². The van der Waals surface area contributed by atoms with Crippen LogP contribution in [0.25, 0.3) is 0 Å². The molecule has 7 heteroatoms. The lowest BCUT2D eigenvalue weighted by atomic mass is 9.93. The number of fused-ring (bicyclic) bond motifs is 1. The van der Waals surface area contributed by atoms with Gasteiger partial charge < -0.3 is 4.90 Å². The molecule has 2 aliphatic rings. The Morgan fingerprint density at radius 2 is 2.14 bits per heavy atom. The Balaban J connectivity index is 1.74. The van der Waals surface area contributed by atoms with Crippen LogP contribution >= 0.6 is 11.6 Å². The predicted molar refractivity (Wildman–Crippen MR) is 84.9 cm³/mol. The van der Waals surface area contributed by atoms with Crippen molar-refractivity contribution in [3.05, 3.63) is 34.9 Å². The van der Waals surface area contributed by atoms with Crippen molar-refractivity contribution in [1.82, 2.24) is 9.21 Å². The molecule has 2 aliphatic heterocycles. The van der Waals surface area contributed by atoms with Crippen molar-refractivity contribution in [3.63, 3.8) is 0 Å². The van der Waals surface area contributed by atoms with Crippen LogP contribution in [-0.2, 0) is 20.6 Å². The third-order valence-corrected chi connectivity index (χ3v) is 6.69. The van der Waals surface area contributed by atoms with Gasteiger partial charge in [0.1, 0.15) is 0 Å². The molecular weight excluding hydrogens is 324 g/mol. The molecule has 0 saturated carbocycles. The van der Waals surface area contributed by atoms with Gasteiger partial charge in [-0.2, -0.15) is 4.31 Å². The minimum atomic E-state index is -3.40. The Kier molecular flexibility index (Phi) is 4.18. The van der Waals surface area contributed by atoms with E-state index in [9.17, 15) is 13.2 Å². The van der Waals surface area contributed by atoms with Crippen molar-refractivity contribution < 1.29 is 13.2 Å². The maximum Gasteiger partial charge on any atom is 0.222 e. The Morgan fingerprint density at radius 3 is 2.86 bits per heavy atom. The molecule has 0 aromatic heterocycles. The van der Waals surface area contributed by atoms with Gasteiger partial charge in [0, 0.05) is 37.6 Å². The molecule has 0 N–H and O–H groups in total. The van der Waals surface area contributed by atoms with E-state index in [0.717, 1.165) is 6.42 Å². The normalized spacial score (nSPS) is 26.3. The fourth-order valence-electron chi connectivity index (χ4n) is 3.36. The van der Waals surface area contributed by atoms with Gasteiger partial charge in [-0.25, -0.2) is 8.42 Å². The number of hydrogen-bond donors (Lipinski definition) is 0. The average molecular weight is 343 g/mol. The summed E-state index contributed by atoms with van der Waals surface area (Å²) in [5.74, 6) is 0.349. The molecule has 1 aromatic rings. The average Bonchev–Trinajstić information content (AvgIpc) is 2.73. The van der Waals surface area contributed by atoms with E-state index in [1.54, 1.807) is 36.2 Å². The smallest absolute Gasteiger partial charge is 0.222 e. The summed E-state index contributed by atoms with van der Waals surface area (Å²) in [6, 6.07) is 6.93. The largest absolute Gasteiger partial charge is 0.341 e. The van der Waals surface area contributed by atoms with E-state index in [2.05, 4.69) is 0 Å². The van der Waals surface area contributed by atoms with Gasteiger partial charge in [0.05, 0.1) is 5.75 Å². The zero-order valence-electron chi connectivity index (χ0n) is 12.4. The van der Waals surface area contributed by atoms with Crippen molar-refractivity contribution in [3.8, 4) is 0 Å². The summed E-state index contributed by atoms with van der Waals surface area (Å²) >= 11 is 5.92. The number of nitrogens with zero attached hydrogens (tertiary/aromatic N) is 2. The molecule has 2 fully saturated rings. The summed E-state index contributed by atoms with van der Waals surface area (Å²) < 4.78 is 26.8. The third-order valence-electron chi connectivity index (χ3n) is 4.64. The van der Waals surface area contributed by atoms with Gasteiger partial charge in [0.15, 0.2) is 0 Å². The maximum absolute atomic E-state index is 12.6. The monoisotopic (exact) mass is 342 g/mol. The number of likely N-dealkylation sites (N-methyl/N-ethyl adjacent to an activating group) is 1. The minimum absolute atomic E-state index is 0.00962.